The topological polar surface area (TPSA) is 84.7 Å². The van der Waals surface area contributed by atoms with E-state index >= 15 is 0 Å². The molecule has 0 bridgehead atoms. The average molecular weight is 434 g/mol. The SMILES string of the molecule is O=C(C(Cc1ccccc1)Nc1ccc(Br)cc1[N+](=O)[O-])N1CCOCC1. The number of nitrogens with one attached hydrogen (secondary N) is 1. The number of nitro groups is 1. The first-order valence-electron chi connectivity index (χ1n) is 8.65. The molecule has 1 N–H and O–H groups in total. The van der Waals surface area contributed by atoms with Crippen LogP contribution in [0.3, 0.4) is 0 Å². The number of nitrogens with zero attached hydrogens (tertiary/aromatic N) is 2. The van der Waals surface area contributed by atoms with Crippen LogP contribution in [0, 0.1) is 10.1 Å². The number of rotatable bonds is 6. The molecule has 1 atom stereocenters. The largest absolute Gasteiger partial charge is 0.378 e. The van der Waals surface area contributed by atoms with Gasteiger partial charge in [-0.05, 0) is 17.7 Å². The van der Waals surface area contributed by atoms with Crippen molar-refractivity contribution in [2.45, 2.75) is 12.5 Å². The highest BCUT2D eigenvalue weighted by molar-refractivity contribution is 9.10. The zero-order chi connectivity index (χ0) is 19.2. The predicted octanol–water partition coefficient (Wildman–Crippen LogP) is 3.24. The Balaban J connectivity index is 1.87. The van der Waals surface area contributed by atoms with Gasteiger partial charge < -0.3 is 15.0 Å². The third-order valence-electron chi connectivity index (χ3n) is 4.39. The van der Waals surface area contributed by atoms with Crippen molar-refractivity contribution >= 4 is 33.2 Å². The molecule has 0 radical (unpaired) electrons. The molecule has 8 heteroatoms. The minimum absolute atomic E-state index is 0.0720. The van der Waals surface area contributed by atoms with E-state index in [1.165, 1.54) is 6.07 Å². The minimum atomic E-state index is -0.606. The van der Waals surface area contributed by atoms with E-state index in [1.807, 2.05) is 30.3 Å². The number of anilines is 1. The number of morpholine rings is 1. The molecule has 1 aliphatic rings. The van der Waals surface area contributed by atoms with Gasteiger partial charge in [0.2, 0.25) is 5.91 Å². The van der Waals surface area contributed by atoms with Gasteiger partial charge in [-0.3, -0.25) is 14.9 Å². The molecule has 7 nitrogen and oxygen atoms in total. The van der Waals surface area contributed by atoms with Gasteiger partial charge in [0.25, 0.3) is 5.69 Å². The van der Waals surface area contributed by atoms with Crippen LogP contribution in [0.25, 0.3) is 0 Å². The summed E-state index contributed by atoms with van der Waals surface area (Å²) in [6.07, 6.45) is 0.435. The zero-order valence-corrected chi connectivity index (χ0v) is 16.2. The third-order valence-corrected chi connectivity index (χ3v) is 4.88. The molecule has 1 amide bonds. The number of carbonyl (C=O) groups is 1. The minimum Gasteiger partial charge on any atom is -0.378 e. The highest BCUT2D eigenvalue weighted by Gasteiger charge is 2.28. The summed E-state index contributed by atoms with van der Waals surface area (Å²) in [6.45, 7) is 2.05. The van der Waals surface area contributed by atoms with Crippen molar-refractivity contribution in [1.29, 1.82) is 0 Å². The van der Waals surface area contributed by atoms with Crippen LogP contribution in [-0.4, -0.2) is 48.1 Å². The molecule has 0 aliphatic carbocycles. The molecule has 142 valence electrons. The van der Waals surface area contributed by atoms with E-state index in [0.29, 0.717) is 42.9 Å². The first-order valence-corrected chi connectivity index (χ1v) is 9.45. The lowest BCUT2D eigenvalue weighted by molar-refractivity contribution is -0.384. The summed E-state index contributed by atoms with van der Waals surface area (Å²) < 4.78 is 5.93. The van der Waals surface area contributed by atoms with Crippen LogP contribution < -0.4 is 5.32 Å². The summed E-state index contributed by atoms with van der Waals surface area (Å²) >= 11 is 3.25. The number of benzene rings is 2. The van der Waals surface area contributed by atoms with E-state index in [2.05, 4.69) is 21.2 Å². The number of hydrogen-bond acceptors (Lipinski definition) is 5. The van der Waals surface area contributed by atoms with Crippen LogP contribution >= 0.6 is 15.9 Å². The van der Waals surface area contributed by atoms with Gasteiger partial charge in [-0.1, -0.05) is 46.3 Å². The summed E-state index contributed by atoms with van der Waals surface area (Å²) in [7, 11) is 0. The summed E-state index contributed by atoms with van der Waals surface area (Å²) in [5, 5.41) is 14.5. The van der Waals surface area contributed by atoms with Crippen LogP contribution in [-0.2, 0) is 16.0 Å². The molecule has 1 saturated heterocycles. The molecule has 27 heavy (non-hydrogen) atoms. The molecule has 0 spiro atoms. The van der Waals surface area contributed by atoms with Gasteiger partial charge in [-0.15, -0.1) is 0 Å². The van der Waals surface area contributed by atoms with Gasteiger partial charge in [0, 0.05) is 30.0 Å². The Morgan fingerprint density at radius 1 is 1.22 bits per heavy atom. The lowest BCUT2D eigenvalue weighted by Gasteiger charge is -2.31. The molecular weight excluding hydrogens is 414 g/mol. The maximum atomic E-state index is 13.1. The van der Waals surface area contributed by atoms with Crippen LogP contribution in [0.15, 0.2) is 53.0 Å². The fraction of sp³-hybridized carbons (Fsp3) is 0.316. The number of nitro benzene ring substituents is 1. The molecular formula is C19H20BrN3O4. The summed E-state index contributed by atoms with van der Waals surface area (Å²) in [5.74, 6) is -0.0839. The number of ether oxygens (including phenoxy) is 1. The second-order valence-corrected chi connectivity index (χ2v) is 7.16. The van der Waals surface area contributed by atoms with Gasteiger partial charge in [0.15, 0.2) is 0 Å². The Morgan fingerprint density at radius 3 is 2.59 bits per heavy atom. The molecule has 3 rings (SSSR count). The van der Waals surface area contributed by atoms with Crippen molar-refractivity contribution in [2.75, 3.05) is 31.6 Å². The van der Waals surface area contributed by atoms with Crippen molar-refractivity contribution in [3.05, 3.63) is 68.7 Å². The van der Waals surface area contributed by atoms with E-state index < -0.39 is 11.0 Å². The Bertz CT molecular complexity index is 810. The van der Waals surface area contributed by atoms with Crippen molar-refractivity contribution in [2.24, 2.45) is 0 Å². The summed E-state index contributed by atoms with van der Waals surface area (Å²) in [5.41, 5.74) is 1.24. The predicted molar refractivity (Wildman–Crippen MR) is 106 cm³/mol. The quantitative estimate of drug-likeness (QED) is 0.558. The van der Waals surface area contributed by atoms with Crippen molar-refractivity contribution in [3.63, 3.8) is 0 Å². The lowest BCUT2D eigenvalue weighted by Crippen LogP contribution is -2.48. The number of carbonyl (C=O) groups excluding carboxylic acids is 1. The number of amides is 1. The standard InChI is InChI=1S/C19H20BrN3O4/c20-15-6-7-16(18(13-15)23(25)26)21-17(12-14-4-2-1-3-5-14)19(24)22-8-10-27-11-9-22/h1-7,13,17,21H,8-12H2. The summed E-state index contributed by atoms with van der Waals surface area (Å²) in [6, 6.07) is 13.8. The first kappa shape index (κ1) is 19.3. The van der Waals surface area contributed by atoms with E-state index in [1.54, 1.807) is 17.0 Å². The Morgan fingerprint density at radius 2 is 1.93 bits per heavy atom. The fourth-order valence-electron chi connectivity index (χ4n) is 3.02. The van der Waals surface area contributed by atoms with Crippen molar-refractivity contribution in [3.8, 4) is 0 Å². The Labute approximate surface area is 165 Å². The summed E-state index contributed by atoms with van der Waals surface area (Å²) in [4.78, 5) is 25.8. The van der Waals surface area contributed by atoms with Crippen molar-refractivity contribution in [1.82, 2.24) is 4.90 Å². The zero-order valence-electron chi connectivity index (χ0n) is 14.6. The highest BCUT2D eigenvalue weighted by Crippen LogP contribution is 2.29. The van der Waals surface area contributed by atoms with Crippen LogP contribution in [0.1, 0.15) is 5.56 Å². The molecule has 1 aliphatic heterocycles. The van der Waals surface area contributed by atoms with Crippen LogP contribution in [0.4, 0.5) is 11.4 Å². The first-order chi connectivity index (χ1) is 13.0. The maximum absolute atomic E-state index is 13.1. The van der Waals surface area contributed by atoms with E-state index in [4.69, 9.17) is 4.74 Å². The molecule has 2 aromatic carbocycles. The van der Waals surface area contributed by atoms with E-state index in [0.717, 1.165) is 5.56 Å². The van der Waals surface area contributed by atoms with Crippen molar-refractivity contribution < 1.29 is 14.5 Å². The monoisotopic (exact) mass is 433 g/mol. The third kappa shape index (κ3) is 5.05. The molecule has 0 aromatic heterocycles. The normalized spacial score (nSPS) is 15.2. The van der Waals surface area contributed by atoms with Crippen LogP contribution in [0.5, 0.6) is 0 Å². The molecule has 1 heterocycles. The second-order valence-electron chi connectivity index (χ2n) is 6.24. The molecule has 1 unspecified atom stereocenters. The van der Waals surface area contributed by atoms with Gasteiger partial charge in [-0.25, -0.2) is 0 Å². The van der Waals surface area contributed by atoms with Crippen LogP contribution in [0.2, 0.25) is 0 Å². The lowest BCUT2D eigenvalue weighted by atomic mass is 10.0. The van der Waals surface area contributed by atoms with Gasteiger partial charge in [0.1, 0.15) is 11.7 Å². The molecule has 2 aromatic rings. The fourth-order valence-corrected chi connectivity index (χ4v) is 3.37. The maximum Gasteiger partial charge on any atom is 0.293 e. The molecule has 1 fully saturated rings. The Hall–Kier alpha value is -2.45. The van der Waals surface area contributed by atoms with E-state index in [9.17, 15) is 14.9 Å². The van der Waals surface area contributed by atoms with Gasteiger partial charge in [0.05, 0.1) is 18.1 Å². The number of hydrogen-bond donors (Lipinski definition) is 1. The van der Waals surface area contributed by atoms with Gasteiger partial charge in [-0.2, -0.15) is 0 Å². The Kier molecular flexibility index (Phi) is 6.41. The van der Waals surface area contributed by atoms with Gasteiger partial charge >= 0.3 is 0 Å². The molecule has 0 saturated carbocycles. The van der Waals surface area contributed by atoms with E-state index in [-0.39, 0.29) is 11.6 Å². The average Bonchev–Trinajstić information content (AvgIpc) is 2.69. The second kappa shape index (κ2) is 8.96. The highest BCUT2D eigenvalue weighted by atomic mass is 79.9. The smallest absolute Gasteiger partial charge is 0.293 e. The number of halogens is 1.